The lowest BCUT2D eigenvalue weighted by Gasteiger charge is -2.49. The van der Waals surface area contributed by atoms with Crippen molar-refractivity contribution in [2.24, 2.45) is 17.8 Å². The van der Waals surface area contributed by atoms with Gasteiger partial charge in [-0.1, -0.05) is 38.1 Å². The summed E-state index contributed by atoms with van der Waals surface area (Å²) in [4.78, 5) is 45.9. The van der Waals surface area contributed by atoms with Gasteiger partial charge in [0.1, 0.15) is 23.7 Å². The number of ketones is 1. The van der Waals surface area contributed by atoms with Gasteiger partial charge in [0.15, 0.2) is 18.0 Å². The van der Waals surface area contributed by atoms with Crippen molar-refractivity contribution in [3.8, 4) is 11.3 Å². The topological polar surface area (TPSA) is 201 Å². The molecule has 60 heavy (non-hydrogen) atoms. The van der Waals surface area contributed by atoms with Gasteiger partial charge in [-0.2, -0.15) is 0 Å². The highest BCUT2D eigenvalue weighted by atomic mass is 19.1. The Hall–Kier alpha value is -4.00. The van der Waals surface area contributed by atoms with Crippen LogP contribution in [0.4, 0.5) is 14.9 Å². The highest BCUT2D eigenvalue weighted by Crippen LogP contribution is 2.50. The molecule has 2 aromatic rings. The zero-order valence-electron chi connectivity index (χ0n) is 36.4. The minimum Gasteiger partial charge on any atom is -0.451 e. The highest BCUT2D eigenvalue weighted by molar-refractivity contribution is 5.86. The van der Waals surface area contributed by atoms with Crippen LogP contribution in [0.25, 0.3) is 11.3 Å². The van der Waals surface area contributed by atoms with E-state index in [1.807, 2.05) is 50.3 Å². The second kappa shape index (κ2) is 17.4. The summed E-state index contributed by atoms with van der Waals surface area (Å²) in [6, 6.07) is 6.07. The lowest BCUT2D eigenvalue weighted by Crippen LogP contribution is -2.65. The van der Waals surface area contributed by atoms with Crippen molar-refractivity contribution in [1.29, 1.82) is 0 Å². The van der Waals surface area contributed by atoms with E-state index < -0.39 is 83.4 Å². The standard InChI is InChI=1S/C43H63FN6O10/c1-23-20-41(6,56-10)37(58-38-33(52)31(48(8)9)18-25(3)57-38)27(5)35(53)42(7,44)39(54)59-36-24(2)21-43(36)34(26(4)32(23)51)50(40(55)60-43)17-12-11-16-49-22-30(46-47-49)28-14-13-15-29(45)19-28/h13-15,19,21-23,25-27,31,33-38,52-53H,11-12,16-18,20,45H2,1-10H3/t23-,25-,26+,27+,31+,33-,34-,35?,36-,37-,38+,41+,42+,43+/m1/s1. The number of hydrogen-bond acceptors (Lipinski definition) is 14. The first-order valence-corrected chi connectivity index (χ1v) is 20.9. The number of rotatable bonds is 10. The molecule has 332 valence electrons. The number of aromatic nitrogens is 3. The van der Waals surface area contributed by atoms with Crippen LogP contribution in [0.2, 0.25) is 0 Å². The number of benzene rings is 1. The summed E-state index contributed by atoms with van der Waals surface area (Å²) in [7, 11) is 5.09. The number of Topliss-reactive ketones (excluding diaryl/α,β-unsaturated/α-hetero) is 1. The van der Waals surface area contributed by atoms with E-state index in [1.54, 1.807) is 44.5 Å². The summed E-state index contributed by atoms with van der Waals surface area (Å²) in [6.07, 6.45) is -2.74. The molecule has 17 heteroatoms. The molecule has 1 unspecified atom stereocenters. The number of aliphatic hydroxyl groups excluding tert-OH is 2. The maximum atomic E-state index is 17.0. The molecule has 3 fully saturated rings. The number of nitrogen functional groups attached to an aromatic ring is 1. The van der Waals surface area contributed by atoms with Crippen molar-refractivity contribution in [2.45, 2.75) is 146 Å². The Morgan fingerprint density at radius 2 is 1.78 bits per heavy atom. The Kier molecular flexibility index (Phi) is 13.2. The predicted molar refractivity (Wildman–Crippen MR) is 218 cm³/mol. The van der Waals surface area contributed by atoms with Crippen LogP contribution in [0.15, 0.2) is 42.1 Å². The molecule has 1 aromatic carbocycles. The van der Waals surface area contributed by atoms with E-state index in [4.69, 9.17) is 29.4 Å². The first-order chi connectivity index (χ1) is 28.1. The summed E-state index contributed by atoms with van der Waals surface area (Å²) >= 11 is 0. The van der Waals surface area contributed by atoms with Gasteiger partial charge in [0, 0.05) is 55.2 Å². The van der Waals surface area contributed by atoms with Crippen LogP contribution in [0.1, 0.15) is 74.1 Å². The molecule has 1 aromatic heterocycles. The van der Waals surface area contributed by atoms with Gasteiger partial charge in [0.05, 0.1) is 30.0 Å². The fraction of sp³-hybridized carbons (Fsp3) is 0.698. The smallest absolute Gasteiger partial charge is 0.411 e. The zero-order valence-corrected chi connectivity index (χ0v) is 36.4. The number of carbonyl (C=O) groups excluding carboxylic acids is 3. The van der Waals surface area contributed by atoms with Crippen LogP contribution >= 0.6 is 0 Å². The van der Waals surface area contributed by atoms with E-state index in [-0.39, 0.29) is 30.9 Å². The fourth-order valence-corrected chi connectivity index (χ4v) is 9.84. The van der Waals surface area contributed by atoms with Crippen LogP contribution in [-0.2, 0) is 39.8 Å². The number of likely N-dealkylation sites (N-methyl/N-ethyl adjacent to an activating group) is 1. The van der Waals surface area contributed by atoms with E-state index in [9.17, 15) is 24.6 Å². The summed E-state index contributed by atoms with van der Waals surface area (Å²) < 4.78 is 49.4. The number of nitrogens with two attached hydrogens (primary N) is 1. The average Bonchev–Trinajstić information content (AvgIpc) is 3.79. The number of nitrogens with zero attached hydrogens (tertiary/aromatic N) is 5. The lowest BCUT2D eigenvalue weighted by atomic mass is 9.67. The Morgan fingerprint density at radius 1 is 1.08 bits per heavy atom. The summed E-state index contributed by atoms with van der Waals surface area (Å²) in [5.74, 6) is -4.36. The highest BCUT2D eigenvalue weighted by Gasteiger charge is 2.67. The van der Waals surface area contributed by atoms with Crippen molar-refractivity contribution < 1.29 is 52.7 Å². The van der Waals surface area contributed by atoms with Crippen LogP contribution in [0.5, 0.6) is 0 Å². The number of alkyl halides is 1. The number of anilines is 1. The van der Waals surface area contributed by atoms with Crippen molar-refractivity contribution in [3.63, 3.8) is 0 Å². The van der Waals surface area contributed by atoms with Gasteiger partial charge in [0.25, 0.3) is 0 Å². The predicted octanol–water partition coefficient (Wildman–Crippen LogP) is 3.93. The minimum absolute atomic E-state index is 0.0274. The average molecular weight is 843 g/mol. The maximum absolute atomic E-state index is 17.0. The molecule has 1 spiro atoms. The number of ether oxygens (including phenoxy) is 5. The molecule has 3 saturated heterocycles. The molecule has 16 nitrogen and oxygen atoms in total. The third-order valence-corrected chi connectivity index (χ3v) is 13.2. The molecule has 3 aliphatic heterocycles. The zero-order chi connectivity index (χ0) is 44.1. The molecule has 6 rings (SSSR count). The monoisotopic (exact) mass is 842 g/mol. The molecule has 14 atom stereocenters. The Morgan fingerprint density at radius 3 is 2.43 bits per heavy atom. The molecule has 1 aliphatic carbocycles. The SMILES string of the molecule is CO[C@@]1(C)C[C@@H](C)C(=O)[C@H](C)[C@H]2N(CCCCn3cc(-c4cccc(N)c4)nn3)C(=O)O[C@@]23C=C(C)[C@H]3OC(=O)[C@@](C)(F)C(O)[C@H](C)[C@H]1O[C@@H]1O[C@H](C)C[C@H](N(C)C)[C@H]1O. The number of hydrogen-bond donors (Lipinski definition) is 3. The Bertz CT molecular complexity index is 1930. The van der Waals surface area contributed by atoms with Crippen molar-refractivity contribution >= 4 is 23.5 Å². The number of methoxy groups -OCH3 is 1. The van der Waals surface area contributed by atoms with Gasteiger partial charge in [-0.15, -0.1) is 5.10 Å². The molecular weight excluding hydrogens is 780 g/mol. The molecular formula is C43H63FN6O10. The number of esters is 1. The number of aryl methyl sites for hydroxylation is 1. The van der Waals surface area contributed by atoms with E-state index in [0.29, 0.717) is 42.8 Å². The number of amides is 1. The van der Waals surface area contributed by atoms with Gasteiger partial charge in [-0.3, -0.25) is 14.4 Å². The van der Waals surface area contributed by atoms with Crippen molar-refractivity contribution in [1.82, 2.24) is 24.8 Å². The first kappa shape index (κ1) is 45.5. The number of unbranched alkanes of at least 4 members (excludes halogenated alkanes) is 1. The lowest BCUT2D eigenvalue weighted by molar-refractivity contribution is -0.302. The van der Waals surface area contributed by atoms with Crippen LogP contribution in [-0.4, -0.2) is 146 Å². The minimum atomic E-state index is -3.00. The number of carbonyl (C=O) groups is 3. The van der Waals surface area contributed by atoms with Gasteiger partial charge in [-0.05, 0) is 91.3 Å². The molecule has 4 N–H and O–H groups in total. The van der Waals surface area contributed by atoms with Crippen LogP contribution < -0.4 is 5.73 Å². The van der Waals surface area contributed by atoms with E-state index in [2.05, 4.69) is 10.3 Å². The summed E-state index contributed by atoms with van der Waals surface area (Å²) in [6.45, 7) is 11.8. The number of aliphatic hydroxyl groups is 2. The second-order valence-corrected chi connectivity index (χ2v) is 18.1. The van der Waals surface area contributed by atoms with E-state index in [0.717, 1.165) is 12.5 Å². The quantitative estimate of drug-likeness (QED) is 0.135. The Labute approximate surface area is 351 Å². The van der Waals surface area contributed by atoms with E-state index >= 15 is 4.39 Å². The Balaban J connectivity index is 1.29. The van der Waals surface area contributed by atoms with Gasteiger partial charge in [-0.25, -0.2) is 14.0 Å². The largest absolute Gasteiger partial charge is 0.451 e. The summed E-state index contributed by atoms with van der Waals surface area (Å²) in [5.41, 5.74) is 2.57. The van der Waals surface area contributed by atoms with Crippen molar-refractivity contribution in [3.05, 3.63) is 42.1 Å². The molecule has 0 saturated carbocycles. The van der Waals surface area contributed by atoms with Crippen molar-refractivity contribution in [2.75, 3.05) is 33.5 Å². The molecule has 1 amide bonds. The third kappa shape index (κ3) is 8.45. The van der Waals surface area contributed by atoms with Gasteiger partial charge in [0.2, 0.25) is 5.67 Å². The number of halogens is 1. The second-order valence-electron chi connectivity index (χ2n) is 18.1. The normalized spacial score (nSPS) is 39.0. The molecule has 0 radical (unpaired) electrons. The summed E-state index contributed by atoms with van der Waals surface area (Å²) in [5, 5.41) is 31.8. The van der Waals surface area contributed by atoms with E-state index in [1.165, 1.54) is 18.9 Å². The maximum Gasteiger partial charge on any atom is 0.411 e. The molecule has 4 aliphatic rings. The molecule has 4 heterocycles. The molecule has 0 bridgehead atoms. The van der Waals surface area contributed by atoms with Gasteiger partial charge >= 0.3 is 12.1 Å². The third-order valence-electron chi connectivity index (χ3n) is 13.2. The van der Waals surface area contributed by atoms with Crippen LogP contribution in [0.3, 0.4) is 0 Å². The van der Waals surface area contributed by atoms with Gasteiger partial charge < -0.3 is 44.5 Å². The first-order valence-electron chi connectivity index (χ1n) is 20.9. The fourth-order valence-electron chi connectivity index (χ4n) is 9.84. The van der Waals surface area contributed by atoms with Crippen LogP contribution in [0, 0.1) is 17.8 Å².